The molecule has 0 saturated heterocycles. The zero-order valence-electron chi connectivity index (χ0n) is 5.97. The van der Waals surface area contributed by atoms with Crippen molar-refractivity contribution in [3.8, 4) is 0 Å². The van der Waals surface area contributed by atoms with E-state index in [1.54, 1.807) is 0 Å². The Hall–Kier alpha value is 0.765. The van der Waals surface area contributed by atoms with Gasteiger partial charge in [0.1, 0.15) is 0 Å². The van der Waals surface area contributed by atoms with E-state index in [0.717, 1.165) is 5.82 Å². The Morgan fingerprint density at radius 3 is 2.12 bits per heavy atom. The van der Waals surface area contributed by atoms with E-state index in [1.807, 2.05) is 10.8 Å². The second kappa shape index (κ2) is 4.63. The van der Waals surface area contributed by atoms with Crippen molar-refractivity contribution in [3.63, 3.8) is 0 Å². The van der Waals surface area contributed by atoms with Crippen LogP contribution >= 0.6 is 20.1 Å². The molecule has 1 atom stereocenters. The summed E-state index contributed by atoms with van der Waals surface area (Å²) in [6, 6.07) is 0. The summed E-state index contributed by atoms with van der Waals surface area (Å²) < 4.78 is 0. The van der Waals surface area contributed by atoms with Gasteiger partial charge in [0, 0.05) is 0 Å². The Morgan fingerprint density at radius 1 is 1.50 bits per heavy atom. The Labute approximate surface area is 58.9 Å². The summed E-state index contributed by atoms with van der Waals surface area (Å²) in [4.78, 5) is 0. The van der Waals surface area contributed by atoms with Gasteiger partial charge in [0.2, 0.25) is 0 Å². The van der Waals surface area contributed by atoms with Crippen molar-refractivity contribution in [2.45, 2.75) is 19.7 Å². The molecule has 0 aliphatic rings. The molecular weight excluding hydrogens is 135 g/mol. The van der Waals surface area contributed by atoms with Gasteiger partial charge in [-0.2, -0.15) is 0 Å². The van der Waals surface area contributed by atoms with E-state index in [0.29, 0.717) is 9.35 Å². The molecule has 0 aromatic carbocycles. The summed E-state index contributed by atoms with van der Waals surface area (Å²) in [5.41, 5.74) is 0. The minimum absolute atomic E-state index is 0.485. The molecule has 0 aromatic rings. The second-order valence-electron chi connectivity index (χ2n) is 2.05. The van der Waals surface area contributed by atoms with Crippen LogP contribution in [-0.4, -0.2) is 18.7 Å². The SMILES string of the molecule is CSS(C)=BC(C)C. The van der Waals surface area contributed by atoms with Gasteiger partial charge in [-0.1, -0.05) is 0 Å². The minimum atomic E-state index is 0.485. The fourth-order valence-electron chi connectivity index (χ4n) is 0.439. The van der Waals surface area contributed by atoms with E-state index < -0.39 is 0 Å². The molecule has 8 heavy (non-hydrogen) atoms. The standard InChI is InChI=1S/C5H13BS2/c1-5(2)6-8(4)7-3/h5H,1-4H3. The zero-order chi connectivity index (χ0) is 6.57. The molecule has 1 unspecified atom stereocenters. The van der Waals surface area contributed by atoms with Crippen LogP contribution in [0.4, 0.5) is 0 Å². The average Bonchev–Trinajstić information content (AvgIpc) is 1.65. The van der Waals surface area contributed by atoms with Gasteiger partial charge in [0.25, 0.3) is 0 Å². The van der Waals surface area contributed by atoms with Gasteiger partial charge >= 0.3 is 58.5 Å². The first kappa shape index (κ1) is 8.76. The molecule has 0 nitrogen and oxygen atoms in total. The van der Waals surface area contributed by atoms with Gasteiger partial charge in [0.05, 0.1) is 0 Å². The number of hydrogen-bond donors (Lipinski definition) is 0. The Bertz CT molecular complexity index is 88.4. The summed E-state index contributed by atoms with van der Waals surface area (Å²) in [6.45, 7) is 4.44. The summed E-state index contributed by atoms with van der Waals surface area (Å²) in [6.07, 6.45) is 6.79. The van der Waals surface area contributed by atoms with Gasteiger partial charge in [-0.05, 0) is 0 Å². The van der Waals surface area contributed by atoms with Crippen LogP contribution in [0.15, 0.2) is 0 Å². The molecular formula is C5H13BS2. The van der Waals surface area contributed by atoms with Crippen LogP contribution in [0.2, 0.25) is 5.82 Å². The average molecular weight is 148 g/mol. The van der Waals surface area contributed by atoms with E-state index in [-0.39, 0.29) is 0 Å². The summed E-state index contributed by atoms with van der Waals surface area (Å²) in [5.74, 6) is 0.746. The van der Waals surface area contributed by atoms with Crippen LogP contribution in [0.3, 0.4) is 0 Å². The molecule has 3 heteroatoms. The van der Waals surface area contributed by atoms with Crippen molar-refractivity contribution in [2.24, 2.45) is 0 Å². The Balaban J connectivity index is 3.56. The van der Waals surface area contributed by atoms with Gasteiger partial charge in [-0.25, -0.2) is 0 Å². The maximum absolute atomic E-state index is 2.38. The molecule has 0 saturated carbocycles. The Kier molecular flexibility index (Phi) is 5.07. The first-order chi connectivity index (χ1) is 3.66. The van der Waals surface area contributed by atoms with Gasteiger partial charge in [-0.15, -0.1) is 0 Å². The van der Waals surface area contributed by atoms with Crippen molar-refractivity contribution >= 4 is 26.3 Å². The fraction of sp³-hybridized carbons (Fsp3) is 1.00. The molecule has 0 aliphatic heterocycles. The number of hydrogen-bond acceptors (Lipinski definition) is 1. The van der Waals surface area contributed by atoms with Crippen molar-refractivity contribution in [2.75, 3.05) is 12.5 Å². The normalized spacial score (nSPS) is 14.1. The maximum atomic E-state index is 2.38. The van der Waals surface area contributed by atoms with Crippen LogP contribution in [0.5, 0.6) is 0 Å². The van der Waals surface area contributed by atoms with Crippen LogP contribution in [0.1, 0.15) is 13.8 Å². The van der Waals surface area contributed by atoms with E-state index >= 15 is 0 Å². The fourth-order valence-corrected chi connectivity index (χ4v) is 2.32. The van der Waals surface area contributed by atoms with Gasteiger partial charge < -0.3 is 0 Å². The third-order valence-electron chi connectivity index (χ3n) is 0.727. The molecule has 0 heterocycles. The molecule has 48 valence electrons. The summed E-state index contributed by atoms with van der Waals surface area (Å²) >= 11 is 0. The topological polar surface area (TPSA) is 0 Å². The molecule has 0 fully saturated rings. The zero-order valence-corrected chi connectivity index (χ0v) is 7.60. The van der Waals surface area contributed by atoms with Gasteiger partial charge in [-0.3, -0.25) is 0 Å². The third-order valence-corrected chi connectivity index (χ3v) is 4.09. The quantitative estimate of drug-likeness (QED) is 0.428. The van der Waals surface area contributed by atoms with Crippen molar-refractivity contribution in [1.82, 2.24) is 0 Å². The summed E-state index contributed by atoms with van der Waals surface area (Å²) in [7, 11) is 2.41. The van der Waals surface area contributed by atoms with E-state index in [2.05, 4.69) is 32.5 Å². The van der Waals surface area contributed by atoms with Crippen molar-refractivity contribution in [1.29, 1.82) is 0 Å². The molecule has 0 rings (SSSR count). The third kappa shape index (κ3) is 4.91. The van der Waals surface area contributed by atoms with Gasteiger partial charge in [0.15, 0.2) is 0 Å². The van der Waals surface area contributed by atoms with E-state index in [4.69, 9.17) is 0 Å². The molecule has 0 radical (unpaired) electrons. The second-order valence-corrected chi connectivity index (χ2v) is 6.23. The monoisotopic (exact) mass is 148 g/mol. The molecule has 0 bridgehead atoms. The van der Waals surface area contributed by atoms with Crippen LogP contribution in [0.25, 0.3) is 0 Å². The molecule has 0 N–H and O–H groups in total. The van der Waals surface area contributed by atoms with E-state index in [1.165, 1.54) is 0 Å². The Morgan fingerprint density at radius 2 is 2.00 bits per heavy atom. The predicted molar refractivity (Wildman–Crippen MR) is 47.9 cm³/mol. The van der Waals surface area contributed by atoms with Crippen molar-refractivity contribution < 1.29 is 0 Å². The van der Waals surface area contributed by atoms with Crippen LogP contribution in [-0.2, 0) is 0 Å². The van der Waals surface area contributed by atoms with Crippen molar-refractivity contribution in [3.05, 3.63) is 0 Å². The molecule has 0 amide bonds. The van der Waals surface area contributed by atoms with E-state index in [9.17, 15) is 0 Å². The predicted octanol–water partition coefficient (Wildman–Crippen LogP) is 2.61. The number of rotatable bonds is 2. The first-order valence-corrected chi connectivity index (χ1v) is 6.14. The summed E-state index contributed by atoms with van der Waals surface area (Å²) in [5, 5.41) is 0. The molecule has 0 spiro atoms. The molecule has 0 aliphatic carbocycles. The first-order valence-electron chi connectivity index (χ1n) is 2.71. The van der Waals surface area contributed by atoms with Crippen LogP contribution < -0.4 is 0 Å². The van der Waals surface area contributed by atoms with Crippen LogP contribution in [0, 0.1) is 0 Å². The molecule has 0 aromatic heterocycles.